The van der Waals surface area contributed by atoms with Crippen molar-refractivity contribution in [3.05, 3.63) is 65.7 Å². The number of rotatable bonds is 5. The number of carbonyl (C=O) groups is 1. The van der Waals surface area contributed by atoms with E-state index in [-0.39, 0.29) is 11.9 Å². The van der Waals surface area contributed by atoms with Crippen molar-refractivity contribution >= 4 is 28.6 Å². The molecule has 31 heavy (non-hydrogen) atoms. The van der Waals surface area contributed by atoms with Gasteiger partial charge in [-0.3, -0.25) is 4.79 Å². The smallest absolute Gasteiger partial charge is 0.252 e. The molecule has 1 aromatic heterocycles. The zero-order valence-electron chi connectivity index (χ0n) is 18.9. The molecule has 0 saturated heterocycles. The second-order valence-corrected chi connectivity index (χ2v) is 10.3. The minimum atomic E-state index is 0.0153. The molecule has 1 aliphatic carbocycles. The van der Waals surface area contributed by atoms with E-state index < -0.39 is 0 Å². The molecule has 0 aliphatic heterocycles. The van der Waals surface area contributed by atoms with Crippen molar-refractivity contribution in [2.24, 2.45) is 11.8 Å². The van der Waals surface area contributed by atoms with Crippen LogP contribution in [0.15, 0.2) is 64.5 Å². The van der Waals surface area contributed by atoms with Crippen LogP contribution in [-0.2, 0) is 0 Å². The molecule has 0 unspecified atom stereocenters. The van der Waals surface area contributed by atoms with Gasteiger partial charge in [0.2, 0.25) is 0 Å². The number of hydrogen-bond acceptors (Lipinski definition) is 3. The van der Waals surface area contributed by atoms with Crippen LogP contribution in [0.2, 0.25) is 0 Å². The number of hydrogen-bond donors (Lipinski definition) is 1. The van der Waals surface area contributed by atoms with Crippen LogP contribution in [0.5, 0.6) is 0 Å². The maximum absolute atomic E-state index is 13.4. The Labute approximate surface area is 190 Å². The summed E-state index contributed by atoms with van der Waals surface area (Å²) in [7, 11) is 0. The zero-order valence-corrected chi connectivity index (χ0v) is 19.7. The van der Waals surface area contributed by atoms with Crippen LogP contribution < -0.4 is 5.32 Å². The van der Waals surface area contributed by atoms with Gasteiger partial charge in [-0.25, -0.2) is 4.98 Å². The first-order valence-electron chi connectivity index (χ1n) is 11.4. The Morgan fingerprint density at radius 3 is 2.55 bits per heavy atom. The predicted molar refractivity (Wildman–Crippen MR) is 130 cm³/mol. The molecule has 3 atom stereocenters. The summed E-state index contributed by atoms with van der Waals surface area (Å²) in [5, 5.41) is 5.11. The SMILES string of the molecule is CC(C)c1ccc(Sc2cc(C(=O)N[C@@H]3CCC[C@H](C)[C@@H]3C)c3ccccc3n2)cc1. The molecule has 162 valence electrons. The lowest BCUT2D eigenvalue weighted by atomic mass is 9.78. The van der Waals surface area contributed by atoms with E-state index in [4.69, 9.17) is 4.98 Å². The number of para-hydroxylation sites is 1. The van der Waals surface area contributed by atoms with E-state index in [9.17, 15) is 4.79 Å². The molecule has 3 aromatic rings. The van der Waals surface area contributed by atoms with E-state index in [2.05, 4.69) is 57.3 Å². The second kappa shape index (κ2) is 9.44. The number of aromatic nitrogens is 1. The Kier molecular flexibility index (Phi) is 6.66. The second-order valence-electron chi connectivity index (χ2n) is 9.20. The van der Waals surface area contributed by atoms with Gasteiger partial charge in [-0.2, -0.15) is 0 Å². The molecule has 1 amide bonds. The largest absolute Gasteiger partial charge is 0.349 e. The summed E-state index contributed by atoms with van der Waals surface area (Å²) in [6.07, 6.45) is 3.49. The highest BCUT2D eigenvalue weighted by atomic mass is 32.2. The maximum atomic E-state index is 13.4. The van der Waals surface area contributed by atoms with Crippen molar-refractivity contribution in [1.82, 2.24) is 10.3 Å². The Morgan fingerprint density at radius 1 is 1.06 bits per heavy atom. The monoisotopic (exact) mass is 432 g/mol. The topological polar surface area (TPSA) is 42.0 Å². The van der Waals surface area contributed by atoms with Crippen molar-refractivity contribution < 1.29 is 4.79 Å². The molecule has 1 heterocycles. The fraction of sp³-hybridized carbons (Fsp3) is 0.407. The number of nitrogens with zero attached hydrogens (tertiary/aromatic N) is 1. The van der Waals surface area contributed by atoms with Gasteiger partial charge >= 0.3 is 0 Å². The Hall–Kier alpha value is -2.33. The fourth-order valence-corrected chi connectivity index (χ4v) is 5.30. The Balaban J connectivity index is 1.62. The van der Waals surface area contributed by atoms with Crippen LogP contribution in [0, 0.1) is 11.8 Å². The van der Waals surface area contributed by atoms with E-state index in [1.807, 2.05) is 30.3 Å². The zero-order chi connectivity index (χ0) is 22.0. The number of amides is 1. The molecule has 4 rings (SSSR count). The molecule has 2 aromatic carbocycles. The molecular formula is C27H32N2OS. The molecule has 4 heteroatoms. The quantitative estimate of drug-likeness (QED) is 0.469. The minimum Gasteiger partial charge on any atom is -0.349 e. The van der Waals surface area contributed by atoms with Crippen molar-refractivity contribution in [3.63, 3.8) is 0 Å². The van der Waals surface area contributed by atoms with Gasteiger partial charge in [-0.05, 0) is 54.0 Å². The first-order chi connectivity index (χ1) is 14.9. The summed E-state index contributed by atoms with van der Waals surface area (Å²) >= 11 is 1.61. The van der Waals surface area contributed by atoms with Gasteiger partial charge < -0.3 is 5.32 Å². The first-order valence-corrected chi connectivity index (χ1v) is 12.2. The number of carbonyl (C=O) groups excluding carboxylic acids is 1. The third-order valence-corrected chi connectivity index (χ3v) is 7.66. The third kappa shape index (κ3) is 4.95. The molecule has 0 spiro atoms. The predicted octanol–water partition coefficient (Wildman–Crippen LogP) is 7.06. The fourth-order valence-electron chi connectivity index (χ4n) is 4.46. The first kappa shape index (κ1) is 21.9. The van der Waals surface area contributed by atoms with Gasteiger partial charge in [0, 0.05) is 16.3 Å². The lowest BCUT2D eigenvalue weighted by molar-refractivity contribution is 0.0892. The van der Waals surface area contributed by atoms with Crippen molar-refractivity contribution in [1.29, 1.82) is 0 Å². The van der Waals surface area contributed by atoms with E-state index in [0.717, 1.165) is 32.8 Å². The van der Waals surface area contributed by atoms with Crippen LogP contribution in [0.3, 0.4) is 0 Å². The highest BCUT2D eigenvalue weighted by Crippen LogP contribution is 2.32. The lowest BCUT2D eigenvalue weighted by Crippen LogP contribution is -2.43. The minimum absolute atomic E-state index is 0.0153. The van der Waals surface area contributed by atoms with E-state index >= 15 is 0 Å². The summed E-state index contributed by atoms with van der Waals surface area (Å²) in [6, 6.07) is 18.8. The lowest BCUT2D eigenvalue weighted by Gasteiger charge is -2.34. The van der Waals surface area contributed by atoms with Gasteiger partial charge in [0.15, 0.2) is 0 Å². The molecule has 1 saturated carbocycles. The normalized spacial score (nSPS) is 21.4. The molecule has 0 bridgehead atoms. The highest BCUT2D eigenvalue weighted by molar-refractivity contribution is 7.99. The summed E-state index contributed by atoms with van der Waals surface area (Å²) < 4.78 is 0. The summed E-state index contributed by atoms with van der Waals surface area (Å²) in [5.41, 5.74) is 2.91. The number of nitrogens with one attached hydrogen (secondary N) is 1. The van der Waals surface area contributed by atoms with E-state index in [1.165, 1.54) is 18.4 Å². The summed E-state index contributed by atoms with van der Waals surface area (Å²) in [4.78, 5) is 19.3. The average Bonchev–Trinajstić information content (AvgIpc) is 2.76. The van der Waals surface area contributed by atoms with Gasteiger partial charge in [0.05, 0.1) is 11.1 Å². The number of benzene rings is 2. The molecule has 0 radical (unpaired) electrons. The Bertz CT molecular complexity index is 1060. The van der Waals surface area contributed by atoms with Crippen LogP contribution in [0.25, 0.3) is 10.9 Å². The molecule has 1 N–H and O–H groups in total. The van der Waals surface area contributed by atoms with Gasteiger partial charge in [-0.15, -0.1) is 0 Å². The van der Waals surface area contributed by atoms with Crippen molar-refractivity contribution in [2.75, 3.05) is 0 Å². The number of fused-ring (bicyclic) bond motifs is 1. The standard InChI is InChI=1S/C27H32N2OS/c1-17(2)20-12-14-21(15-13-20)31-26-16-23(22-9-5-6-10-25(22)28-26)27(30)29-24-11-7-8-18(3)19(24)4/h5-6,9-10,12-19,24H,7-8,11H2,1-4H3,(H,29,30)/t18-,19-,24+/m0/s1. The third-order valence-electron chi connectivity index (χ3n) is 6.73. The van der Waals surface area contributed by atoms with Gasteiger partial charge in [0.25, 0.3) is 5.91 Å². The highest BCUT2D eigenvalue weighted by Gasteiger charge is 2.29. The van der Waals surface area contributed by atoms with Crippen LogP contribution in [0.4, 0.5) is 0 Å². The van der Waals surface area contributed by atoms with Gasteiger partial charge in [-0.1, -0.05) is 82.6 Å². The summed E-state index contributed by atoms with van der Waals surface area (Å²) in [6.45, 7) is 8.96. The summed E-state index contributed by atoms with van der Waals surface area (Å²) in [5.74, 6) is 1.67. The molecular weight excluding hydrogens is 400 g/mol. The van der Waals surface area contributed by atoms with Crippen molar-refractivity contribution in [2.45, 2.75) is 68.8 Å². The molecule has 3 nitrogen and oxygen atoms in total. The van der Waals surface area contributed by atoms with Crippen LogP contribution >= 0.6 is 11.8 Å². The van der Waals surface area contributed by atoms with E-state index in [0.29, 0.717) is 17.8 Å². The molecule has 1 fully saturated rings. The average molecular weight is 433 g/mol. The maximum Gasteiger partial charge on any atom is 0.252 e. The number of pyridine rings is 1. The van der Waals surface area contributed by atoms with E-state index in [1.54, 1.807) is 11.8 Å². The van der Waals surface area contributed by atoms with Gasteiger partial charge in [0.1, 0.15) is 5.03 Å². The van der Waals surface area contributed by atoms with Crippen LogP contribution in [-0.4, -0.2) is 16.9 Å². The Morgan fingerprint density at radius 2 is 1.81 bits per heavy atom. The van der Waals surface area contributed by atoms with Crippen LogP contribution in [0.1, 0.15) is 68.8 Å². The van der Waals surface area contributed by atoms with Crippen molar-refractivity contribution in [3.8, 4) is 0 Å². The molecule has 1 aliphatic rings.